The molecule has 0 spiro atoms. The maximum Gasteiger partial charge on any atom is 0.235 e. The second-order valence-electron chi connectivity index (χ2n) is 6.95. The Morgan fingerprint density at radius 3 is 2.45 bits per heavy atom. The molecule has 0 aliphatic carbocycles. The lowest BCUT2D eigenvalue weighted by Crippen LogP contribution is -2.41. The van der Waals surface area contributed by atoms with E-state index in [1.807, 2.05) is 12.1 Å². The summed E-state index contributed by atoms with van der Waals surface area (Å²) in [5.74, 6) is -0.382. The van der Waals surface area contributed by atoms with Gasteiger partial charge in [-0.3, -0.25) is 9.78 Å². The van der Waals surface area contributed by atoms with E-state index in [1.165, 1.54) is 0 Å². The maximum absolute atomic E-state index is 12.3. The molecule has 0 fully saturated rings. The zero-order valence-corrected chi connectivity index (χ0v) is 19.1. The zero-order valence-electron chi connectivity index (χ0n) is 16.8. The van der Waals surface area contributed by atoms with Gasteiger partial charge in [-0.15, -0.1) is 0 Å². The van der Waals surface area contributed by atoms with Crippen LogP contribution in [0.5, 0.6) is 0 Å². The molecule has 1 heterocycles. The minimum atomic E-state index is -3.56. The molecule has 0 unspecified atom stereocenters. The fourth-order valence-corrected chi connectivity index (χ4v) is 4.00. The number of hydrogen-bond donors (Lipinski definition) is 2. The summed E-state index contributed by atoms with van der Waals surface area (Å²) < 4.78 is 25.3. The van der Waals surface area contributed by atoms with Gasteiger partial charge in [-0.25, -0.2) is 8.42 Å². The predicted octanol–water partition coefficient (Wildman–Crippen LogP) is 3.53. The molecule has 0 aliphatic heterocycles. The number of amides is 1. The van der Waals surface area contributed by atoms with Gasteiger partial charge in [0.25, 0.3) is 0 Å². The van der Waals surface area contributed by atoms with Crippen LogP contribution in [0.1, 0.15) is 5.56 Å². The van der Waals surface area contributed by atoms with Gasteiger partial charge in [-0.2, -0.15) is 4.31 Å². The number of nitrogens with one attached hydrogen (secondary N) is 2. The lowest BCUT2D eigenvalue weighted by atomic mass is 10.2. The lowest BCUT2D eigenvalue weighted by Gasteiger charge is -2.20. The van der Waals surface area contributed by atoms with Crippen LogP contribution >= 0.6 is 23.2 Å². The number of hydrogen-bond acceptors (Lipinski definition) is 5. The molecular weight excluding hydrogens is 459 g/mol. The van der Waals surface area contributed by atoms with Gasteiger partial charge in [0.05, 0.1) is 18.3 Å². The molecule has 0 bridgehead atoms. The van der Waals surface area contributed by atoms with Gasteiger partial charge >= 0.3 is 0 Å². The minimum absolute atomic E-state index is 0.0905. The third-order valence-electron chi connectivity index (χ3n) is 4.53. The first-order chi connectivity index (χ1) is 14.7. The van der Waals surface area contributed by atoms with Gasteiger partial charge in [0, 0.05) is 46.9 Å². The summed E-state index contributed by atoms with van der Waals surface area (Å²) in [7, 11) is -3.56. The summed E-state index contributed by atoms with van der Waals surface area (Å²) in [4.78, 5) is 16.6. The van der Waals surface area contributed by atoms with Gasteiger partial charge in [0.1, 0.15) is 0 Å². The number of carbonyl (C=O) groups excluding carboxylic acids is 1. The van der Waals surface area contributed by atoms with Crippen molar-refractivity contribution in [1.82, 2.24) is 14.6 Å². The Morgan fingerprint density at radius 1 is 1.03 bits per heavy atom. The molecule has 0 radical (unpaired) electrons. The average molecular weight is 481 g/mol. The first-order valence-electron chi connectivity index (χ1n) is 9.47. The van der Waals surface area contributed by atoms with E-state index in [1.54, 1.807) is 42.6 Å². The number of anilines is 1. The lowest BCUT2D eigenvalue weighted by molar-refractivity contribution is -0.121. The van der Waals surface area contributed by atoms with Crippen LogP contribution in [-0.2, 0) is 21.4 Å². The first kappa shape index (κ1) is 23.3. The van der Waals surface area contributed by atoms with Crippen LogP contribution in [0.25, 0.3) is 10.9 Å². The Bertz CT molecular complexity index is 1170. The fourth-order valence-electron chi connectivity index (χ4n) is 2.97. The molecule has 1 aromatic heterocycles. The highest BCUT2D eigenvalue weighted by Gasteiger charge is 2.20. The number of sulfonamides is 1. The molecule has 3 rings (SSSR count). The van der Waals surface area contributed by atoms with Gasteiger partial charge in [-0.05, 0) is 42.0 Å². The largest absolute Gasteiger partial charge is 0.383 e. The first-order valence-corrected chi connectivity index (χ1v) is 12.1. The monoisotopic (exact) mass is 480 g/mol. The van der Waals surface area contributed by atoms with E-state index in [9.17, 15) is 13.2 Å². The van der Waals surface area contributed by atoms with Crippen LogP contribution in [-0.4, -0.2) is 49.5 Å². The van der Waals surface area contributed by atoms with Crippen molar-refractivity contribution < 1.29 is 13.2 Å². The molecular formula is C21H22Cl2N4O3S. The van der Waals surface area contributed by atoms with E-state index in [0.717, 1.165) is 32.7 Å². The summed E-state index contributed by atoms with van der Waals surface area (Å²) in [6.45, 7) is 0.615. The molecule has 0 aliphatic rings. The third kappa shape index (κ3) is 6.80. The number of aromatic nitrogens is 1. The number of carbonyl (C=O) groups is 1. The molecule has 31 heavy (non-hydrogen) atoms. The standard InChI is InChI=1S/C21H22Cl2N4O3S/c1-31(29,30)27(13-15-2-4-16(22)5-3-15)14-21(28)26-11-10-25-19-8-9-24-20-12-17(23)6-7-18(19)20/h2-9,12H,10-11,13-14H2,1H3,(H,24,25)(H,26,28). The van der Waals surface area contributed by atoms with Gasteiger partial charge in [0.2, 0.25) is 15.9 Å². The zero-order chi connectivity index (χ0) is 22.4. The van der Waals surface area contributed by atoms with Crippen LogP contribution < -0.4 is 10.6 Å². The van der Waals surface area contributed by atoms with E-state index in [2.05, 4.69) is 15.6 Å². The van der Waals surface area contributed by atoms with E-state index in [4.69, 9.17) is 23.2 Å². The second-order valence-corrected chi connectivity index (χ2v) is 9.81. The van der Waals surface area contributed by atoms with Crippen molar-refractivity contribution in [2.24, 2.45) is 0 Å². The minimum Gasteiger partial charge on any atom is -0.383 e. The van der Waals surface area contributed by atoms with Crippen LogP contribution in [0.2, 0.25) is 10.0 Å². The number of rotatable bonds is 9. The van der Waals surface area contributed by atoms with Gasteiger partial charge in [-0.1, -0.05) is 35.3 Å². The van der Waals surface area contributed by atoms with E-state index in [-0.39, 0.29) is 19.0 Å². The Labute approximate surface area is 191 Å². The fraction of sp³-hybridized carbons (Fsp3) is 0.238. The highest BCUT2D eigenvalue weighted by atomic mass is 35.5. The molecule has 2 N–H and O–H groups in total. The van der Waals surface area contributed by atoms with Crippen LogP contribution in [0, 0.1) is 0 Å². The summed E-state index contributed by atoms with van der Waals surface area (Å²) in [5, 5.41) is 8.08. The summed E-state index contributed by atoms with van der Waals surface area (Å²) in [6, 6.07) is 14.1. The Morgan fingerprint density at radius 2 is 1.74 bits per heavy atom. The number of fused-ring (bicyclic) bond motifs is 1. The van der Waals surface area contributed by atoms with Crippen molar-refractivity contribution in [2.45, 2.75) is 6.54 Å². The molecule has 0 saturated carbocycles. The molecule has 7 nitrogen and oxygen atoms in total. The highest BCUT2D eigenvalue weighted by molar-refractivity contribution is 7.88. The molecule has 10 heteroatoms. The van der Waals surface area contributed by atoms with Crippen molar-refractivity contribution >= 4 is 55.7 Å². The molecule has 164 valence electrons. The molecule has 1 amide bonds. The number of pyridine rings is 1. The topological polar surface area (TPSA) is 91.4 Å². The van der Waals surface area contributed by atoms with E-state index in [0.29, 0.717) is 23.1 Å². The van der Waals surface area contributed by atoms with Crippen molar-refractivity contribution in [3.8, 4) is 0 Å². The Hall–Kier alpha value is -2.39. The smallest absolute Gasteiger partial charge is 0.235 e. The van der Waals surface area contributed by atoms with Crippen molar-refractivity contribution in [3.63, 3.8) is 0 Å². The normalized spacial score (nSPS) is 11.6. The molecule has 0 atom stereocenters. The summed E-state index contributed by atoms with van der Waals surface area (Å²) in [5.41, 5.74) is 2.39. The quantitative estimate of drug-likeness (QED) is 0.457. The highest BCUT2D eigenvalue weighted by Crippen LogP contribution is 2.24. The average Bonchev–Trinajstić information content (AvgIpc) is 2.71. The van der Waals surface area contributed by atoms with E-state index < -0.39 is 10.0 Å². The van der Waals surface area contributed by atoms with Gasteiger partial charge in [0.15, 0.2) is 0 Å². The predicted molar refractivity (Wildman–Crippen MR) is 125 cm³/mol. The molecule has 0 saturated heterocycles. The van der Waals surface area contributed by atoms with Gasteiger partial charge < -0.3 is 10.6 Å². The Kier molecular flexibility index (Phi) is 7.72. The third-order valence-corrected chi connectivity index (χ3v) is 6.21. The molecule has 2 aromatic carbocycles. The van der Waals surface area contributed by atoms with Crippen molar-refractivity contribution in [3.05, 3.63) is 70.3 Å². The summed E-state index contributed by atoms with van der Waals surface area (Å²) in [6.07, 6.45) is 2.76. The van der Waals surface area contributed by atoms with E-state index >= 15 is 0 Å². The van der Waals surface area contributed by atoms with Crippen LogP contribution in [0.4, 0.5) is 5.69 Å². The number of nitrogens with zero attached hydrogens (tertiary/aromatic N) is 2. The Balaban J connectivity index is 1.53. The SMILES string of the molecule is CS(=O)(=O)N(CC(=O)NCCNc1ccnc2cc(Cl)ccc12)Cc1ccc(Cl)cc1. The van der Waals surface area contributed by atoms with Crippen LogP contribution in [0.15, 0.2) is 54.7 Å². The maximum atomic E-state index is 12.3. The van der Waals surface area contributed by atoms with Crippen LogP contribution in [0.3, 0.4) is 0 Å². The van der Waals surface area contributed by atoms with Crippen molar-refractivity contribution in [1.29, 1.82) is 0 Å². The van der Waals surface area contributed by atoms with Crippen molar-refractivity contribution in [2.75, 3.05) is 31.2 Å². The number of halogens is 2. The second kappa shape index (κ2) is 10.3. The molecule has 3 aromatic rings. The summed E-state index contributed by atoms with van der Waals surface area (Å²) >= 11 is 11.9. The number of benzene rings is 2.